The Bertz CT molecular complexity index is 153. The minimum Gasteiger partial charge on any atom is -0.370 e. The monoisotopic (exact) mass is 184 g/mol. The third kappa shape index (κ3) is 4.88. The molecule has 1 rings (SSSR count). The minimum atomic E-state index is -0.192. The number of amides is 1. The van der Waals surface area contributed by atoms with E-state index in [-0.39, 0.29) is 5.91 Å². The molecule has 3 heteroatoms. The van der Waals surface area contributed by atoms with Crippen molar-refractivity contribution in [3.8, 4) is 0 Å². The third-order valence-electron chi connectivity index (χ3n) is 2.68. The smallest absolute Gasteiger partial charge is 0.217 e. The molecule has 0 unspecified atom stereocenters. The number of hydrogen-bond acceptors (Lipinski definition) is 2. The van der Waals surface area contributed by atoms with Crippen LogP contribution in [0.1, 0.15) is 38.5 Å². The molecule has 0 aromatic carbocycles. The first-order chi connectivity index (χ1) is 6.29. The van der Waals surface area contributed by atoms with Crippen LogP contribution >= 0.6 is 0 Å². The molecule has 1 amide bonds. The van der Waals surface area contributed by atoms with Crippen molar-refractivity contribution >= 4 is 5.91 Å². The van der Waals surface area contributed by atoms with Gasteiger partial charge in [0.05, 0.1) is 0 Å². The molecule has 76 valence electrons. The molecule has 0 aromatic rings. The third-order valence-corrected chi connectivity index (χ3v) is 2.68. The average molecular weight is 184 g/mol. The second-order valence-electron chi connectivity index (χ2n) is 3.92. The standard InChI is InChI=1S/C10H20N2O/c11-10(13)6-3-7-12-8-9-4-1-2-5-9/h9,12H,1-8H2,(H2,11,13). The van der Waals surface area contributed by atoms with Crippen LogP contribution in [-0.4, -0.2) is 19.0 Å². The Hall–Kier alpha value is -0.570. The van der Waals surface area contributed by atoms with E-state index in [1.807, 2.05) is 0 Å². The predicted molar refractivity (Wildman–Crippen MR) is 53.3 cm³/mol. The number of carbonyl (C=O) groups is 1. The lowest BCUT2D eigenvalue weighted by molar-refractivity contribution is -0.118. The van der Waals surface area contributed by atoms with E-state index < -0.39 is 0 Å². The van der Waals surface area contributed by atoms with E-state index in [0.717, 1.165) is 25.4 Å². The first kappa shape index (κ1) is 10.5. The van der Waals surface area contributed by atoms with E-state index >= 15 is 0 Å². The van der Waals surface area contributed by atoms with Crippen LogP contribution in [0, 0.1) is 5.92 Å². The molecule has 1 saturated carbocycles. The lowest BCUT2D eigenvalue weighted by atomic mass is 10.1. The van der Waals surface area contributed by atoms with Gasteiger partial charge in [0.25, 0.3) is 0 Å². The summed E-state index contributed by atoms with van der Waals surface area (Å²) in [6.07, 6.45) is 6.94. The maximum Gasteiger partial charge on any atom is 0.217 e. The van der Waals surface area contributed by atoms with Gasteiger partial charge in [0.1, 0.15) is 0 Å². The molecule has 0 atom stereocenters. The number of nitrogens with one attached hydrogen (secondary N) is 1. The molecule has 0 radical (unpaired) electrons. The summed E-state index contributed by atoms with van der Waals surface area (Å²) in [5, 5.41) is 3.37. The van der Waals surface area contributed by atoms with E-state index in [4.69, 9.17) is 5.73 Å². The molecule has 1 aliphatic carbocycles. The first-order valence-corrected chi connectivity index (χ1v) is 5.28. The van der Waals surface area contributed by atoms with Crippen LogP contribution in [0.5, 0.6) is 0 Å². The van der Waals surface area contributed by atoms with Crippen molar-refractivity contribution in [1.82, 2.24) is 5.32 Å². The second kappa shape index (κ2) is 5.97. The van der Waals surface area contributed by atoms with Gasteiger partial charge in [-0.05, 0) is 38.3 Å². The van der Waals surface area contributed by atoms with Crippen molar-refractivity contribution in [3.05, 3.63) is 0 Å². The van der Waals surface area contributed by atoms with Crippen molar-refractivity contribution in [1.29, 1.82) is 0 Å². The van der Waals surface area contributed by atoms with Gasteiger partial charge in [0, 0.05) is 6.42 Å². The molecular weight excluding hydrogens is 164 g/mol. The highest BCUT2D eigenvalue weighted by atomic mass is 16.1. The van der Waals surface area contributed by atoms with Gasteiger partial charge in [-0.2, -0.15) is 0 Å². The van der Waals surface area contributed by atoms with Gasteiger partial charge in [-0.3, -0.25) is 4.79 Å². The van der Waals surface area contributed by atoms with Crippen molar-refractivity contribution in [3.63, 3.8) is 0 Å². The summed E-state index contributed by atoms with van der Waals surface area (Å²) in [5.74, 6) is 0.691. The average Bonchev–Trinajstić information content (AvgIpc) is 2.55. The topological polar surface area (TPSA) is 55.1 Å². The zero-order chi connectivity index (χ0) is 9.52. The van der Waals surface area contributed by atoms with E-state index in [1.165, 1.54) is 25.7 Å². The summed E-state index contributed by atoms with van der Waals surface area (Å²) in [6, 6.07) is 0. The van der Waals surface area contributed by atoms with E-state index in [0.29, 0.717) is 6.42 Å². The van der Waals surface area contributed by atoms with Crippen LogP contribution in [0.15, 0.2) is 0 Å². The fourth-order valence-corrected chi connectivity index (χ4v) is 1.91. The van der Waals surface area contributed by atoms with Crippen molar-refractivity contribution in [2.24, 2.45) is 11.7 Å². The molecule has 0 saturated heterocycles. The quantitative estimate of drug-likeness (QED) is 0.606. The molecule has 1 fully saturated rings. The van der Waals surface area contributed by atoms with Crippen LogP contribution in [0.3, 0.4) is 0 Å². The van der Waals surface area contributed by atoms with Gasteiger partial charge in [-0.1, -0.05) is 12.8 Å². The maximum atomic E-state index is 10.4. The van der Waals surface area contributed by atoms with Gasteiger partial charge in [-0.25, -0.2) is 0 Å². The van der Waals surface area contributed by atoms with Crippen LogP contribution in [0.25, 0.3) is 0 Å². The van der Waals surface area contributed by atoms with Crippen molar-refractivity contribution < 1.29 is 4.79 Å². The minimum absolute atomic E-state index is 0.192. The van der Waals surface area contributed by atoms with Gasteiger partial charge in [0.15, 0.2) is 0 Å². The van der Waals surface area contributed by atoms with Crippen LogP contribution < -0.4 is 11.1 Å². The molecule has 0 aromatic heterocycles. The predicted octanol–water partition coefficient (Wildman–Crippen LogP) is 1.03. The normalized spacial score (nSPS) is 17.8. The fraction of sp³-hybridized carbons (Fsp3) is 0.900. The van der Waals surface area contributed by atoms with Crippen molar-refractivity contribution in [2.75, 3.05) is 13.1 Å². The SMILES string of the molecule is NC(=O)CCCNCC1CCCC1. The second-order valence-corrected chi connectivity index (χ2v) is 3.92. The summed E-state index contributed by atoms with van der Waals surface area (Å²) in [6.45, 7) is 2.05. The van der Waals surface area contributed by atoms with E-state index in [2.05, 4.69) is 5.32 Å². The number of hydrogen-bond donors (Lipinski definition) is 2. The highest BCUT2D eigenvalue weighted by Gasteiger charge is 2.13. The van der Waals surface area contributed by atoms with Crippen LogP contribution in [0.2, 0.25) is 0 Å². The van der Waals surface area contributed by atoms with Gasteiger partial charge in [0.2, 0.25) is 5.91 Å². The van der Waals surface area contributed by atoms with E-state index in [9.17, 15) is 4.79 Å². The Morgan fingerprint density at radius 3 is 2.69 bits per heavy atom. The number of carbonyl (C=O) groups excluding carboxylic acids is 1. The van der Waals surface area contributed by atoms with Gasteiger partial charge >= 0.3 is 0 Å². The molecule has 1 aliphatic rings. The Kier molecular flexibility index (Phi) is 4.83. The molecule has 0 heterocycles. The maximum absolute atomic E-state index is 10.4. The lowest BCUT2D eigenvalue weighted by Crippen LogP contribution is -2.23. The molecule has 0 spiro atoms. The molecule has 3 nitrogen and oxygen atoms in total. The lowest BCUT2D eigenvalue weighted by Gasteiger charge is -2.09. The summed E-state index contributed by atoms with van der Waals surface area (Å²) >= 11 is 0. The molecule has 0 bridgehead atoms. The zero-order valence-electron chi connectivity index (χ0n) is 8.22. The molecule has 3 N–H and O–H groups in total. The highest BCUT2D eigenvalue weighted by molar-refractivity contribution is 5.73. The molecule has 13 heavy (non-hydrogen) atoms. The zero-order valence-corrected chi connectivity index (χ0v) is 8.22. The molecular formula is C10H20N2O. The van der Waals surface area contributed by atoms with Crippen LogP contribution in [-0.2, 0) is 4.79 Å². The Morgan fingerprint density at radius 2 is 2.08 bits per heavy atom. The Balaban J connectivity index is 1.86. The fourth-order valence-electron chi connectivity index (χ4n) is 1.91. The Labute approximate surface area is 80.1 Å². The summed E-state index contributed by atoms with van der Waals surface area (Å²) < 4.78 is 0. The van der Waals surface area contributed by atoms with E-state index in [1.54, 1.807) is 0 Å². The summed E-state index contributed by atoms with van der Waals surface area (Å²) in [7, 11) is 0. The number of primary amides is 1. The summed E-state index contributed by atoms with van der Waals surface area (Å²) in [4.78, 5) is 10.4. The first-order valence-electron chi connectivity index (χ1n) is 5.28. The Morgan fingerprint density at radius 1 is 1.38 bits per heavy atom. The summed E-state index contributed by atoms with van der Waals surface area (Å²) in [5.41, 5.74) is 5.03. The molecule has 0 aliphatic heterocycles. The number of rotatable bonds is 6. The van der Waals surface area contributed by atoms with Gasteiger partial charge in [-0.15, -0.1) is 0 Å². The number of nitrogens with two attached hydrogens (primary N) is 1. The van der Waals surface area contributed by atoms with Crippen LogP contribution in [0.4, 0.5) is 0 Å². The van der Waals surface area contributed by atoms with Crippen molar-refractivity contribution in [2.45, 2.75) is 38.5 Å². The highest BCUT2D eigenvalue weighted by Crippen LogP contribution is 2.23. The largest absolute Gasteiger partial charge is 0.370 e. The van der Waals surface area contributed by atoms with Gasteiger partial charge < -0.3 is 11.1 Å².